The quantitative estimate of drug-likeness (QED) is 0.170. The Balaban J connectivity index is 1.23. The zero-order valence-corrected chi connectivity index (χ0v) is 31.8. The van der Waals surface area contributed by atoms with Crippen LogP contribution in [0.15, 0.2) is 119 Å². The largest absolute Gasteiger partial charge is 0.355 e. The van der Waals surface area contributed by atoms with E-state index in [0.717, 1.165) is 29.0 Å². The molecular formula is C45H48ClN4O2+. The molecule has 4 aromatic rings. The molecule has 3 aliphatic rings. The number of nitrogens with zero attached hydrogens (tertiary/aromatic N) is 2. The molecule has 0 bridgehead atoms. The standard InChI is InChI=1S/C45H47ClN4O2/c1-29(51)47-25-27-49-37-21-17-31-11-7-9-13-35(31)41(37)44(3,4)39(49)23-19-33-15-16-34(43(33)46)20-24-40-45(5,6)42-36-14-10-8-12-32(36)18-22-38(42)50(40)28-26-48-30(2)52/h7-14,17-24H,15-16,25-28H2,1-6H3,(H-,47,48,51,52)/p+1. The van der Waals surface area contributed by atoms with Gasteiger partial charge in [-0.15, -0.1) is 0 Å². The lowest BCUT2D eigenvalue weighted by Crippen LogP contribution is -2.34. The fourth-order valence-corrected chi connectivity index (χ4v) is 8.92. The average Bonchev–Trinajstić information content (AvgIpc) is 3.65. The predicted octanol–water partition coefficient (Wildman–Crippen LogP) is 9.09. The van der Waals surface area contributed by atoms with Crippen LogP contribution in [0.2, 0.25) is 0 Å². The lowest BCUT2D eigenvalue weighted by atomic mass is 9.79. The van der Waals surface area contributed by atoms with Gasteiger partial charge in [-0.25, -0.2) is 0 Å². The third kappa shape index (κ3) is 6.28. The summed E-state index contributed by atoms with van der Waals surface area (Å²) in [6.45, 7) is 14.7. The number of hydrogen-bond donors (Lipinski definition) is 2. The van der Waals surface area contributed by atoms with Crippen LogP contribution in [0.3, 0.4) is 0 Å². The van der Waals surface area contributed by atoms with E-state index in [2.05, 4.69) is 145 Å². The molecule has 0 spiro atoms. The maximum absolute atomic E-state index is 11.8. The van der Waals surface area contributed by atoms with E-state index in [0.29, 0.717) is 26.2 Å². The second-order valence-corrected chi connectivity index (χ2v) is 15.6. The molecule has 0 fully saturated rings. The molecule has 0 radical (unpaired) electrons. The van der Waals surface area contributed by atoms with Crippen molar-refractivity contribution in [1.82, 2.24) is 10.6 Å². The molecule has 0 atom stereocenters. The maximum atomic E-state index is 11.8. The molecule has 2 aliphatic heterocycles. The van der Waals surface area contributed by atoms with Crippen LogP contribution in [0.25, 0.3) is 21.5 Å². The van der Waals surface area contributed by atoms with Gasteiger partial charge in [0, 0.05) is 66.5 Å². The lowest BCUT2D eigenvalue weighted by molar-refractivity contribution is -0.435. The van der Waals surface area contributed by atoms with Crippen LogP contribution in [0, 0.1) is 0 Å². The summed E-state index contributed by atoms with van der Waals surface area (Å²) in [5.41, 5.74) is 9.09. The van der Waals surface area contributed by atoms with Crippen molar-refractivity contribution in [3.63, 3.8) is 0 Å². The summed E-state index contributed by atoms with van der Waals surface area (Å²) in [5.74, 6) is -0.0546. The van der Waals surface area contributed by atoms with E-state index in [9.17, 15) is 9.59 Å². The van der Waals surface area contributed by atoms with Gasteiger partial charge in [-0.1, -0.05) is 92.2 Å². The molecule has 0 aromatic heterocycles. The molecule has 2 amide bonds. The molecule has 7 heteroatoms. The first kappa shape index (κ1) is 35.5. The normalized spacial score (nSPS) is 19.1. The highest BCUT2D eigenvalue weighted by Crippen LogP contribution is 2.51. The number of hydrogen-bond acceptors (Lipinski definition) is 3. The average molecular weight is 712 g/mol. The molecule has 2 N–H and O–H groups in total. The van der Waals surface area contributed by atoms with Crippen LogP contribution >= 0.6 is 11.6 Å². The van der Waals surface area contributed by atoms with E-state index in [1.54, 1.807) is 13.8 Å². The number of benzene rings is 4. The Kier molecular flexibility index (Phi) is 9.47. The number of carbonyl (C=O) groups excluding carboxylic acids is 2. The highest BCUT2D eigenvalue weighted by Gasteiger charge is 2.45. The monoisotopic (exact) mass is 711 g/mol. The zero-order valence-electron chi connectivity index (χ0n) is 31.1. The second-order valence-electron chi connectivity index (χ2n) is 15.2. The van der Waals surface area contributed by atoms with E-state index in [4.69, 9.17) is 11.6 Å². The van der Waals surface area contributed by atoms with E-state index in [1.165, 1.54) is 55.5 Å². The van der Waals surface area contributed by atoms with Crippen molar-refractivity contribution in [1.29, 1.82) is 0 Å². The molecule has 7 rings (SSSR count). The first-order chi connectivity index (χ1) is 24.9. The van der Waals surface area contributed by atoms with E-state index in [-0.39, 0.29) is 22.6 Å². The number of nitrogens with one attached hydrogen (secondary N) is 2. The molecule has 0 saturated heterocycles. The van der Waals surface area contributed by atoms with E-state index < -0.39 is 0 Å². The summed E-state index contributed by atoms with van der Waals surface area (Å²) in [4.78, 5) is 25.9. The van der Waals surface area contributed by atoms with E-state index >= 15 is 0 Å². The summed E-state index contributed by atoms with van der Waals surface area (Å²) in [6, 6.07) is 26.0. The molecule has 6 nitrogen and oxygen atoms in total. The first-order valence-corrected chi connectivity index (χ1v) is 18.7. The highest BCUT2D eigenvalue weighted by atomic mass is 35.5. The Labute approximate surface area is 312 Å². The summed E-state index contributed by atoms with van der Waals surface area (Å²) < 4.78 is 2.36. The van der Waals surface area contributed by atoms with Gasteiger partial charge in [0.2, 0.25) is 17.5 Å². The first-order valence-electron chi connectivity index (χ1n) is 18.3. The predicted molar refractivity (Wildman–Crippen MR) is 216 cm³/mol. The molecule has 4 aromatic carbocycles. The summed E-state index contributed by atoms with van der Waals surface area (Å²) in [6.07, 6.45) is 10.6. The number of fused-ring (bicyclic) bond motifs is 6. The molecule has 52 heavy (non-hydrogen) atoms. The molecule has 0 unspecified atom stereocenters. The second kappa shape index (κ2) is 13.9. The zero-order chi connectivity index (χ0) is 36.8. The third-order valence-electron chi connectivity index (χ3n) is 11.0. The van der Waals surface area contributed by atoms with Crippen LogP contribution in [-0.4, -0.2) is 48.3 Å². The van der Waals surface area contributed by atoms with Crippen LogP contribution in [0.5, 0.6) is 0 Å². The number of carbonyl (C=O) groups is 2. The van der Waals surface area contributed by atoms with Gasteiger partial charge >= 0.3 is 0 Å². The Morgan fingerprint density at radius 3 is 2.10 bits per heavy atom. The SMILES string of the molecule is CC(=O)NCCN1C(=CC=C2CCC(C=CC3=[N+](CCNC(C)=O)c4ccc5ccccc5c4C3(C)C)=C2Cl)C(C)(C)c2c1ccc1ccccc21. The van der Waals surface area contributed by atoms with Crippen molar-refractivity contribution < 1.29 is 14.2 Å². The summed E-state index contributed by atoms with van der Waals surface area (Å²) in [5, 5.41) is 11.7. The lowest BCUT2D eigenvalue weighted by Gasteiger charge is -2.27. The Morgan fingerprint density at radius 2 is 1.40 bits per heavy atom. The van der Waals surface area contributed by atoms with Gasteiger partial charge in [0.05, 0.1) is 12.0 Å². The fraction of sp³-hybridized carbons (Fsp3) is 0.311. The smallest absolute Gasteiger partial charge is 0.217 e. The van der Waals surface area contributed by atoms with Crippen molar-refractivity contribution in [2.75, 3.05) is 31.1 Å². The topological polar surface area (TPSA) is 64.5 Å². The third-order valence-corrected chi connectivity index (χ3v) is 11.5. The van der Waals surface area contributed by atoms with Gasteiger partial charge in [0.15, 0.2) is 12.3 Å². The number of halogens is 1. The van der Waals surface area contributed by atoms with Gasteiger partial charge in [-0.2, -0.15) is 4.58 Å². The van der Waals surface area contributed by atoms with Gasteiger partial charge in [0.25, 0.3) is 0 Å². The van der Waals surface area contributed by atoms with Gasteiger partial charge in [-0.05, 0) is 83.2 Å². The number of amides is 2. The minimum absolute atomic E-state index is 0.0273. The Hall–Kier alpha value is -4.94. The Bertz CT molecular complexity index is 2290. The van der Waals surface area contributed by atoms with Crippen LogP contribution < -0.4 is 15.5 Å². The van der Waals surface area contributed by atoms with Gasteiger partial charge in [-0.3, -0.25) is 9.59 Å². The molecule has 0 saturated carbocycles. The minimum atomic E-state index is -0.258. The number of allylic oxidation sites excluding steroid dienone is 8. The number of rotatable bonds is 9. The Morgan fingerprint density at radius 1 is 0.769 bits per heavy atom. The van der Waals surface area contributed by atoms with Gasteiger partial charge < -0.3 is 15.5 Å². The van der Waals surface area contributed by atoms with Crippen LogP contribution in [-0.2, 0) is 20.4 Å². The highest BCUT2D eigenvalue weighted by molar-refractivity contribution is 6.33. The van der Waals surface area contributed by atoms with Crippen LogP contribution in [0.1, 0.15) is 65.5 Å². The van der Waals surface area contributed by atoms with Gasteiger partial charge in [0.1, 0.15) is 0 Å². The number of anilines is 1. The van der Waals surface area contributed by atoms with Crippen molar-refractivity contribution in [3.8, 4) is 0 Å². The fourth-order valence-electron chi connectivity index (χ4n) is 8.61. The van der Waals surface area contributed by atoms with Crippen molar-refractivity contribution in [2.45, 2.75) is 65.2 Å². The summed E-state index contributed by atoms with van der Waals surface area (Å²) >= 11 is 7.20. The van der Waals surface area contributed by atoms with Crippen LogP contribution in [0.4, 0.5) is 11.4 Å². The molecular weight excluding hydrogens is 664 g/mol. The van der Waals surface area contributed by atoms with Crippen molar-refractivity contribution >= 4 is 62.0 Å². The molecule has 266 valence electrons. The summed E-state index contributed by atoms with van der Waals surface area (Å²) in [7, 11) is 0. The molecule has 1 aliphatic carbocycles. The van der Waals surface area contributed by atoms with Crippen molar-refractivity contribution in [3.05, 3.63) is 130 Å². The minimum Gasteiger partial charge on any atom is -0.355 e. The molecule has 2 heterocycles. The van der Waals surface area contributed by atoms with E-state index in [1.807, 2.05) is 0 Å². The van der Waals surface area contributed by atoms with Crippen molar-refractivity contribution in [2.24, 2.45) is 0 Å². The maximum Gasteiger partial charge on any atom is 0.217 e.